The quantitative estimate of drug-likeness (QED) is 0.638. The molecule has 10 heteroatoms. The van der Waals surface area contributed by atoms with Gasteiger partial charge in [-0.1, -0.05) is 35.3 Å². The van der Waals surface area contributed by atoms with Crippen molar-refractivity contribution >= 4 is 50.7 Å². The Morgan fingerprint density at radius 3 is 2.46 bits per heavy atom. The van der Waals surface area contributed by atoms with Gasteiger partial charge in [0.15, 0.2) is 0 Å². The van der Waals surface area contributed by atoms with Crippen LogP contribution in [0.25, 0.3) is 0 Å². The molecule has 0 saturated heterocycles. The highest BCUT2D eigenvalue weighted by Crippen LogP contribution is 2.30. The fourth-order valence-electron chi connectivity index (χ4n) is 2.55. The molecule has 2 aromatic rings. The molecule has 0 aromatic heterocycles. The Bertz CT molecular complexity index is 1050. The van der Waals surface area contributed by atoms with Crippen LogP contribution in [0.1, 0.15) is 28.8 Å². The van der Waals surface area contributed by atoms with Crippen LogP contribution in [0.2, 0.25) is 10.0 Å². The molecule has 0 aliphatic heterocycles. The lowest BCUT2D eigenvalue weighted by Crippen LogP contribution is -2.24. The normalized spacial score (nSPS) is 13.8. The number of rotatable bonds is 6. The van der Waals surface area contributed by atoms with Gasteiger partial charge in [-0.05, 0) is 42.7 Å². The first-order valence-electron chi connectivity index (χ1n) is 8.35. The number of nitrogens with two attached hydrogens (primary N) is 1. The molecule has 0 unspecified atom stereocenters. The summed E-state index contributed by atoms with van der Waals surface area (Å²) in [5, 5.41) is 10.4. The van der Waals surface area contributed by atoms with Gasteiger partial charge in [0.05, 0.1) is 15.6 Å². The van der Waals surface area contributed by atoms with Crippen LogP contribution in [0.3, 0.4) is 0 Å². The molecule has 0 atom stereocenters. The van der Waals surface area contributed by atoms with Crippen molar-refractivity contribution in [1.82, 2.24) is 5.32 Å². The van der Waals surface area contributed by atoms with Crippen molar-refractivity contribution in [3.8, 4) is 0 Å². The van der Waals surface area contributed by atoms with Crippen molar-refractivity contribution in [3.63, 3.8) is 0 Å². The van der Waals surface area contributed by atoms with Crippen molar-refractivity contribution in [2.75, 3.05) is 5.32 Å². The van der Waals surface area contributed by atoms with Gasteiger partial charge in [0, 0.05) is 18.2 Å². The largest absolute Gasteiger partial charge is 0.348 e. The molecule has 4 N–H and O–H groups in total. The van der Waals surface area contributed by atoms with E-state index < -0.39 is 15.9 Å². The maximum Gasteiger partial charge on any atom is 0.253 e. The Kier molecular flexibility index (Phi) is 5.95. The number of hydrogen-bond acceptors (Lipinski definition) is 4. The minimum Gasteiger partial charge on any atom is -0.348 e. The van der Waals surface area contributed by atoms with Crippen LogP contribution in [0, 0.1) is 5.92 Å². The molecule has 28 heavy (non-hydrogen) atoms. The first-order chi connectivity index (χ1) is 13.1. The van der Waals surface area contributed by atoms with E-state index in [4.69, 9.17) is 28.3 Å². The number of anilines is 1. The van der Waals surface area contributed by atoms with Gasteiger partial charge in [0.25, 0.3) is 5.91 Å². The van der Waals surface area contributed by atoms with E-state index in [2.05, 4.69) is 10.6 Å². The first kappa shape index (κ1) is 20.6. The molecule has 1 fully saturated rings. The van der Waals surface area contributed by atoms with Gasteiger partial charge in [0.1, 0.15) is 4.90 Å². The van der Waals surface area contributed by atoms with Crippen molar-refractivity contribution < 1.29 is 18.0 Å². The molecule has 148 valence electrons. The van der Waals surface area contributed by atoms with Crippen LogP contribution in [0.5, 0.6) is 0 Å². The summed E-state index contributed by atoms with van der Waals surface area (Å²) < 4.78 is 23.2. The highest BCUT2D eigenvalue weighted by Gasteiger charge is 2.29. The van der Waals surface area contributed by atoms with Crippen molar-refractivity contribution in [1.29, 1.82) is 0 Å². The summed E-state index contributed by atoms with van der Waals surface area (Å²) in [6, 6.07) is 9.26. The average molecular weight is 442 g/mol. The topological polar surface area (TPSA) is 118 Å². The maximum absolute atomic E-state index is 12.4. The van der Waals surface area contributed by atoms with Crippen molar-refractivity contribution in [3.05, 3.63) is 57.6 Å². The minimum absolute atomic E-state index is 0.000322. The lowest BCUT2D eigenvalue weighted by Gasteiger charge is -2.11. The van der Waals surface area contributed by atoms with Gasteiger partial charge in [-0.25, -0.2) is 13.6 Å². The second-order valence-corrected chi connectivity index (χ2v) is 8.80. The zero-order valence-corrected chi connectivity index (χ0v) is 16.9. The zero-order chi connectivity index (χ0) is 20.5. The van der Waals surface area contributed by atoms with E-state index in [1.165, 1.54) is 0 Å². The molecular weight excluding hydrogens is 425 g/mol. The molecule has 0 radical (unpaired) electrons. The predicted octanol–water partition coefficient (Wildman–Crippen LogP) is 2.92. The number of carbonyl (C=O) groups excluding carboxylic acids is 2. The standard InChI is InChI=1S/C18H17Cl2N3O4S/c19-14-8-15(20)16(28(21,26)27)7-13(14)18(25)22-9-10-2-1-3-12(6-10)23-17(24)11-4-5-11/h1-3,6-8,11H,4-5,9H2,(H,22,25)(H,23,24)(H2,21,26,27). The van der Waals surface area contributed by atoms with Crippen molar-refractivity contribution in [2.45, 2.75) is 24.3 Å². The summed E-state index contributed by atoms with van der Waals surface area (Å²) in [6.45, 7) is 0.148. The highest BCUT2D eigenvalue weighted by atomic mass is 35.5. The number of hydrogen-bond donors (Lipinski definition) is 3. The lowest BCUT2D eigenvalue weighted by atomic mass is 10.1. The van der Waals surface area contributed by atoms with Gasteiger partial charge in [-0.2, -0.15) is 0 Å². The third kappa shape index (κ3) is 5.02. The summed E-state index contributed by atoms with van der Waals surface area (Å²) in [4.78, 5) is 23.9. The summed E-state index contributed by atoms with van der Waals surface area (Å²) in [5.41, 5.74) is 1.33. The Morgan fingerprint density at radius 1 is 1.11 bits per heavy atom. The number of amides is 2. The number of primary sulfonamides is 1. The molecule has 0 bridgehead atoms. The van der Waals surface area contributed by atoms with Gasteiger partial charge in [-0.3, -0.25) is 9.59 Å². The smallest absolute Gasteiger partial charge is 0.253 e. The van der Waals surface area contributed by atoms with Crippen LogP contribution in [-0.2, 0) is 21.4 Å². The molecule has 1 aliphatic rings. The van der Waals surface area contributed by atoms with E-state index in [0.29, 0.717) is 5.69 Å². The molecule has 3 rings (SSSR count). The average Bonchev–Trinajstić information content (AvgIpc) is 3.44. The molecule has 2 amide bonds. The van der Waals surface area contributed by atoms with E-state index in [-0.39, 0.29) is 38.9 Å². The number of sulfonamides is 1. The number of nitrogens with one attached hydrogen (secondary N) is 2. The monoisotopic (exact) mass is 441 g/mol. The van der Waals surface area contributed by atoms with Gasteiger partial charge < -0.3 is 10.6 Å². The molecule has 2 aromatic carbocycles. The van der Waals surface area contributed by atoms with Gasteiger partial charge >= 0.3 is 0 Å². The number of halogens is 2. The van der Waals surface area contributed by atoms with Crippen LogP contribution in [0.15, 0.2) is 41.3 Å². The highest BCUT2D eigenvalue weighted by molar-refractivity contribution is 7.89. The predicted molar refractivity (Wildman–Crippen MR) is 107 cm³/mol. The van der Waals surface area contributed by atoms with Crippen LogP contribution < -0.4 is 15.8 Å². The number of benzene rings is 2. The summed E-state index contributed by atoms with van der Waals surface area (Å²) in [7, 11) is -4.10. The first-order valence-corrected chi connectivity index (χ1v) is 10.6. The van der Waals surface area contributed by atoms with Crippen LogP contribution in [0.4, 0.5) is 5.69 Å². The van der Waals surface area contributed by atoms with Crippen LogP contribution in [-0.4, -0.2) is 20.2 Å². The SMILES string of the molecule is NS(=O)(=O)c1cc(C(=O)NCc2cccc(NC(=O)C3CC3)c2)c(Cl)cc1Cl. The second-order valence-electron chi connectivity index (χ2n) is 6.45. The third-order valence-corrected chi connectivity index (χ3v) is 5.86. The molecule has 7 nitrogen and oxygen atoms in total. The molecule has 0 heterocycles. The van der Waals surface area contributed by atoms with E-state index >= 15 is 0 Å². The Balaban J connectivity index is 1.71. The van der Waals surface area contributed by atoms with Crippen molar-refractivity contribution in [2.24, 2.45) is 11.1 Å². The fraction of sp³-hybridized carbons (Fsp3) is 0.222. The lowest BCUT2D eigenvalue weighted by molar-refractivity contribution is -0.117. The van der Waals surface area contributed by atoms with Gasteiger partial charge in [-0.15, -0.1) is 0 Å². The minimum atomic E-state index is -4.10. The molecule has 1 aliphatic carbocycles. The summed E-state index contributed by atoms with van der Waals surface area (Å²) in [6.07, 6.45) is 1.81. The molecule has 1 saturated carbocycles. The Hall–Kier alpha value is -2.13. The summed E-state index contributed by atoms with van der Waals surface area (Å²) in [5.74, 6) is -0.507. The number of carbonyl (C=O) groups is 2. The molecule has 0 spiro atoms. The third-order valence-electron chi connectivity index (χ3n) is 4.17. The summed E-state index contributed by atoms with van der Waals surface area (Å²) >= 11 is 11.9. The van der Waals surface area contributed by atoms with E-state index in [0.717, 1.165) is 30.5 Å². The van der Waals surface area contributed by atoms with E-state index in [1.807, 2.05) is 0 Å². The fourth-order valence-corrected chi connectivity index (χ4v) is 3.95. The van der Waals surface area contributed by atoms with E-state index in [1.54, 1.807) is 24.3 Å². The zero-order valence-electron chi connectivity index (χ0n) is 14.5. The Labute approximate surface area is 172 Å². The Morgan fingerprint density at radius 2 is 1.82 bits per heavy atom. The second kappa shape index (κ2) is 8.08. The maximum atomic E-state index is 12.4. The van der Waals surface area contributed by atoms with Gasteiger partial charge in [0.2, 0.25) is 15.9 Å². The molecular formula is C18H17Cl2N3O4S. The van der Waals surface area contributed by atoms with Crippen LogP contribution >= 0.6 is 23.2 Å². The van der Waals surface area contributed by atoms with E-state index in [9.17, 15) is 18.0 Å².